The van der Waals surface area contributed by atoms with E-state index in [9.17, 15) is 13.2 Å². The molecule has 108 valence electrons. The number of aromatic nitrogens is 5. The highest BCUT2D eigenvalue weighted by Crippen LogP contribution is 2.27. The Morgan fingerprint density at radius 3 is 2.65 bits per heavy atom. The SMILES string of the molecule is CCCNc1nc(Cl)nc(-n2ccc(C(F)(F)F)n2)n1. The average molecular weight is 307 g/mol. The molecule has 0 aliphatic rings. The summed E-state index contributed by atoms with van der Waals surface area (Å²) in [4.78, 5) is 11.5. The number of halogens is 4. The van der Waals surface area contributed by atoms with Gasteiger partial charge in [0.05, 0.1) is 0 Å². The molecule has 0 spiro atoms. The summed E-state index contributed by atoms with van der Waals surface area (Å²) in [5, 5.41) is 6.11. The summed E-state index contributed by atoms with van der Waals surface area (Å²) in [5.41, 5.74) is -1.03. The maximum Gasteiger partial charge on any atom is 0.435 e. The molecule has 2 rings (SSSR count). The second-order valence-electron chi connectivity index (χ2n) is 3.80. The van der Waals surface area contributed by atoms with Crippen molar-refractivity contribution in [3.63, 3.8) is 0 Å². The molecule has 0 bridgehead atoms. The number of rotatable bonds is 4. The molecule has 6 nitrogen and oxygen atoms in total. The lowest BCUT2D eigenvalue weighted by Gasteiger charge is -2.05. The summed E-state index contributed by atoms with van der Waals surface area (Å²) in [6, 6.07) is 0.830. The van der Waals surface area contributed by atoms with Crippen molar-refractivity contribution in [1.29, 1.82) is 0 Å². The first-order valence-electron chi connectivity index (χ1n) is 5.69. The molecule has 2 aromatic heterocycles. The molecule has 2 heterocycles. The minimum atomic E-state index is -4.52. The lowest BCUT2D eigenvalue weighted by molar-refractivity contribution is -0.141. The molecule has 2 aromatic rings. The van der Waals surface area contributed by atoms with Crippen molar-refractivity contribution in [2.24, 2.45) is 0 Å². The summed E-state index contributed by atoms with van der Waals surface area (Å²) in [6.07, 6.45) is -2.58. The molecule has 10 heteroatoms. The minimum Gasteiger partial charge on any atom is -0.354 e. The first-order chi connectivity index (χ1) is 9.40. The van der Waals surface area contributed by atoms with Gasteiger partial charge in [-0.1, -0.05) is 6.92 Å². The molecule has 0 fully saturated rings. The van der Waals surface area contributed by atoms with Crippen LogP contribution in [0.3, 0.4) is 0 Å². The minimum absolute atomic E-state index is 0.0842. The smallest absolute Gasteiger partial charge is 0.354 e. The summed E-state index contributed by atoms with van der Waals surface area (Å²) in [7, 11) is 0. The van der Waals surface area contributed by atoms with E-state index in [2.05, 4.69) is 25.4 Å². The Morgan fingerprint density at radius 2 is 2.05 bits per heavy atom. The van der Waals surface area contributed by atoms with Gasteiger partial charge in [0.15, 0.2) is 5.69 Å². The summed E-state index contributed by atoms with van der Waals surface area (Å²) in [6.45, 7) is 2.55. The van der Waals surface area contributed by atoms with Gasteiger partial charge in [-0.15, -0.1) is 0 Å². The number of hydrogen-bond donors (Lipinski definition) is 1. The lowest BCUT2D eigenvalue weighted by Crippen LogP contribution is -2.11. The number of anilines is 1. The van der Waals surface area contributed by atoms with Crippen molar-refractivity contribution < 1.29 is 13.2 Å². The van der Waals surface area contributed by atoms with Crippen LogP contribution in [0, 0.1) is 0 Å². The highest BCUT2D eigenvalue weighted by atomic mass is 35.5. The van der Waals surface area contributed by atoms with Gasteiger partial charge in [-0.2, -0.15) is 33.2 Å². The fraction of sp³-hybridized carbons (Fsp3) is 0.400. The van der Waals surface area contributed by atoms with E-state index < -0.39 is 11.9 Å². The van der Waals surface area contributed by atoms with Crippen molar-refractivity contribution in [1.82, 2.24) is 24.7 Å². The van der Waals surface area contributed by atoms with E-state index in [1.807, 2.05) is 6.92 Å². The predicted molar refractivity (Wildman–Crippen MR) is 65.7 cm³/mol. The molecule has 1 N–H and O–H groups in total. The summed E-state index contributed by atoms with van der Waals surface area (Å²) < 4.78 is 38.3. The largest absolute Gasteiger partial charge is 0.435 e. The topological polar surface area (TPSA) is 68.5 Å². The molecule has 0 aliphatic carbocycles. The van der Waals surface area contributed by atoms with Crippen LogP contribution in [-0.2, 0) is 6.18 Å². The molecular formula is C10H10ClF3N6. The number of nitrogens with zero attached hydrogens (tertiary/aromatic N) is 5. The Morgan fingerprint density at radius 1 is 1.30 bits per heavy atom. The first-order valence-corrected chi connectivity index (χ1v) is 6.06. The highest BCUT2D eigenvalue weighted by Gasteiger charge is 2.33. The summed E-state index contributed by atoms with van der Waals surface area (Å²) in [5.74, 6) is 0.102. The van der Waals surface area contributed by atoms with E-state index in [4.69, 9.17) is 11.6 Å². The Labute approximate surface area is 117 Å². The molecule has 0 saturated heterocycles. The van der Waals surface area contributed by atoms with E-state index in [1.54, 1.807) is 0 Å². The zero-order valence-electron chi connectivity index (χ0n) is 10.3. The second kappa shape index (κ2) is 5.61. The van der Waals surface area contributed by atoms with Crippen LogP contribution in [0.2, 0.25) is 5.28 Å². The van der Waals surface area contributed by atoms with Gasteiger partial charge in [-0.3, -0.25) is 0 Å². The normalized spacial score (nSPS) is 11.7. The quantitative estimate of drug-likeness (QED) is 0.940. The monoisotopic (exact) mass is 306 g/mol. The zero-order valence-corrected chi connectivity index (χ0v) is 11.1. The van der Waals surface area contributed by atoms with Crippen LogP contribution in [0.4, 0.5) is 19.1 Å². The van der Waals surface area contributed by atoms with Gasteiger partial charge >= 0.3 is 6.18 Å². The highest BCUT2D eigenvalue weighted by molar-refractivity contribution is 6.28. The van der Waals surface area contributed by atoms with E-state index in [1.165, 1.54) is 0 Å². The second-order valence-corrected chi connectivity index (χ2v) is 4.14. The maximum absolute atomic E-state index is 12.5. The van der Waals surface area contributed by atoms with Crippen molar-refractivity contribution in [2.75, 3.05) is 11.9 Å². The van der Waals surface area contributed by atoms with Crippen LogP contribution in [0.1, 0.15) is 19.0 Å². The molecule has 0 aliphatic heterocycles. The fourth-order valence-electron chi connectivity index (χ4n) is 1.34. The molecular weight excluding hydrogens is 297 g/mol. The van der Waals surface area contributed by atoms with E-state index in [0.717, 1.165) is 23.4 Å². The Bertz CT molecular complexity index is 597. The van der Waals surface area contributed by atoms with Gasteiger partial charge in [0.25, 0.3) is 5.95 Å². The lowest BCUT2D eigenvalue weighted by atomic mass is 10.4. The Balaban J connectivity index is 2.32. The molecule has 20 heavy (non-hydrogen) atoms. The van der Waals surface area contributed by atoms with Gasteiger partial charge in [0, 0.05) is 12.7 Å². The zero-order chi connectivity index (χ0) is 14.8. The molecule has 0 radical (unpaired) electrons. The van der Waals surface area contributed by atoms with Gasteiger partial charge in [-0.05, 0) is 24.1 Å². The maximum atomic E-state index is 12.5. The fourth-order valence-corrected chi connectivity index (χ4v) is 1.50. The van der Waals surface area contributed by atoms with Gasteiger partial charge in [0.1, 0.15) is 0 Å². The average Bonchev–Trinajstić information content (AvgIpc) is 2.85. The molecule has 0 unspecified atom stereocenters. The van der Waals surface area contributed by atoms with Crippen molar-refractivity contribution in [3.8, 4) is 5.95 Å². The number of hydrogen-bond acceptors (Lipinski definition) is 5. The molecule has 0 amide bonds. The van der Waals surface area contributed by atoms with Crippen LogP contribution in [0.5, 0.6) is 0 Å². The van der Waals surface area contributed by atoms with Gasteiger partial charge < -0.3 is 5.32 Å². The van der Waals surface area contributed by atoms with E-state index >= 15 is 0 Å². The molecule has 0 aromatic carbocycles. The van der Waals surface area contributed by atoms with Crippen LogP contribution in [-0.4, -0.2) is 31.3 Å². The number of alkyl halides is 3. The van der Waals surface area contributed by atoms with Crippen LogP contribution in [0.25, 0.3) is 5.95 Å². The van der Waals surface area contributed by atoms with Gasteiger partial charge in [-0.25, -0.2) is 4.68 Å². The van der Waals surface area contributed by atoms with Crippen molar-refractivity contribution in [2.45, 2.75) is 19.5 Å². The van der Waals surface area contributed by atoms with Crippen LogP contribution >= 0.6 is 11.6 Å². The van der Waals surface area contributed by atoms with Gasteiger partial charge in [0.2, 0.25) is 11.2 Å². The molecule has 0 saturated carbocycles. The third-order valence-corrected chi connectivity index (χ3v) is 2.38. The summed E-state index contributed by atoms with van der Waals surface area (Å²) >= 11 is 5.71. The third kappa shape index (κ3) is 3.35. The third-order valence-electron chi connectivity index (χ3n) is 2.21. The van der Waals surface area contributed by atoms with E-state index in [0.29, 0.717) is 6.54 Å². The van der Waals surface area contributed by atoms with Crippen molar-refractivity contribution in [3.05, 3.63) is 23.2 Å². The first kappa shape index (κ1) is 14.5. The Hall–Kier alpha value is -1.90. The standard InChI is InChI=1S/C10H10ClF3N6/c1-2-4-15-8-16-7(11)17-9(18-8)20-5-3-6(19-20)10(12,13)14/h3,5H,2,4H2,1H3,(H,15,16,17,18). The van der Waals surface area contributed by atoms with Crippen LogP contribution < -0.4 is 5.32 Å². The Kier molecular flexibility index (Phi) is 4.07. The van der Waals surface area contributed by atoms with E-state index in [-0.39, 0.29) is 17.2 Å². The van der Waals surface area contributed by atoms with Crippen molar-refractivity contribution >= 4 is 17.5 Å². The number of nitrogens with one attached hydrogen (secondary N) is 1. The predicted octanol–water partition coefficient (Wildman–Crippen LogP) is 2.55. The van der Waals surface area contributed by atoms with Crippen LogP contribution in [0.15, 0.2) is 12.3 Å². The molecule has 0 atom stereocenters.